The van der Waals surface area contributed by atoms with Gasteiger partial charge in [-0.05, 0) is 30.7 Å². The average molecular weight is 277 g/mol. The van der Waals surface area contributed by atoms with Gasteiger partial charge in [0.1, 0.15) is 0 Å². The Bertz CT molecular complexity index is 455. The van der Waals surface area contributed by atoms with Gasteiger partial charge in [-0.15, -0.1) is 0 Å². The second kappa shape index (κ2) is 7.65. The van der Waals surface area contributed by atoms with Crippen molar-refractivity contribution in [2.45, 2.75) is 19.8 Å². The zero-order valence-electron chi connectivity index (χ0n) is 12.3. The molecule has 0 radical (unpaired) electrons. The molecule has 0 aliphatic rings. The smallest absolute Gasteiger partial charge is 0.227 e. The van der Waals surface area contributed by atoms with Gasteiger partial charge in [-0.2, -0.15) is 0 Å². The van der Waals surface area contributed by atoms with Crippen LogP contribution in [-0.2, 0) is 16.0 Å². The first kappa shape index (κ1) is 16.2. The van der Waals surface area contributed by atoms with Gasteiger partial charge >= 0.3 is 0 Å². The second-order valence-corrected chi connectivity index (χ2v) is 5.13. The lowest BCUT2D eigenvalue weighted by Gasteiger charge is -2.12. The number of hydrogen-bond donors (Lipinski definition) is 2. The molecular weight excluding hydrogens is 254 g/mol. The number of rotatable bonds is 6. The van der Waals surface area contributed by atoms with Crippen LogP contribution in [0.2, 0.25) is 0 Å². The van der Waals surface area contributed by atoms with Crippen molar-refractivity contribution in [2.75, 3.05) is 26.0 Å². The van der Waals surface area contributed by atoms with Crippen LogP contribution in [0, 0.1) is 5.92 Å². The molecule has 2 amide bonds. The number of amides is 2. The summed E-state index contributed by atoms with van der Waals surface area (Å²) in [6, 6.07) is 7.33. The maximum absolute atomic E-state index is 11.8. The van der Waals surface area contributed by atoms with Crippen molar-refractivity contribution in [2.24, 2.45) is 11.7 Å². The molecule has 1 aromatic carbocycles. The zero-order valence-corrected chi connectivity index (χ0v) is 12.3. The summed E-state index contributed by atoms with van der Waals surface area (Å²) in [5, 5.41) is 2.84. The van der Waals surface area contributed by atoms with Crippen LogP contribution in [0.4, 0.5) is 5.69 Å². The SMILES string of the molecule is CC(CCN)C(=O)Nc1ccc(CC(=O)N(C)C)cc1. The molecule has 0 heterocycles. The number of carbonyl (C=O) groups excluding carboxylic acids is 2. The van der Waals surface area contributed by atoms with E-state index in [9.17, 15) is 9.59 Å². The van der Waals surface area contributed by atoms with Crippen LogP contribution < -0.4 is 11.1 Å². The van der Waals surface area contributed by atoms with E-state index in [0.29, 0.717) is 19.4 Å². The second-order valence-electron chi connectivity index (χ2n) is 5.13. The molecular formula is C15H23N3O2. The van der Waals surface area contributed by atoms with Crippen molar-refractivity contribution in [3.63, 3.8) is 0 Å². The van der Waals surface area contributed by atoms with Crippen molar-refractivity contribution >= 4 is 17.5 Å². The van der Waals surface area contributed by atoms with Gasteiger partial charge < -0.3 is 16.0 Å². The lowest BCUT2D eigenvalue weighted by atomic mass is 10.1. The van der Waals surface area contributed by atoms with E-state index in [4.69, 9.17) is 5.73 Å². The van der Waals surface area contributed by atoms with Crippen molar-refractivity contribution in [1.29, 1.82) is 0 Å². The quantitative estimate of drug-likeness (QED) is 0.821. The molecule has 0 saturated heterocycles. The van der Waals surface area contributed by atoms with Crippen molar-refractivity contribution in [1.82, 2.24) is 4.90 Å². The minimum absolute atomic E-state index is 0.0347. The summed E-state index contributed by atoms with van der Waals surface area (Å²) in [6.45, 7) is 2.35. The van der Waals surface area contributed by atoms with Gasteiger partial charge in [0, 0.05) is 25.7 Å². The summed E-state index contributed by atoms with van der Waals surface area (Å²) in [5.41, 5.74) is 7.10. The Morgan fingerprint density at radius 2 is 1.85 bits per heavy atom. The van der Waals surface area contributed by atoms with Crippen molar-refractivity contribution in [3.05, 3.63) is 29.8 Å². The topological polar surface area (TPSA) is 75.4 Å². The summed E-state index contributed by atoms with van der Waals surface area (Å²) in [4.78, 5) is 25.0. The molecule has 0 aliphatic heterocycles. The number of carbonyl (C=O) groups is 2. The van der Waals surface area contributed by atoms with E-state index < -0.39 is 0 Å². The number of likely N-dealkylation sites (N-methyl/N-ethyl adjacent to an activating group) is 1. The molecule has 1 rings (SSSR count). The lowest BCUT2D eigenvalue weighted by Crippen LogP contribution is -2.23. The Labute approximate surface area is 120 Å². The molecule has 0 aromatic heterocycles. The molecule has 1 atom stereocenters. The summed E-state index contributed by atoms with van der Waals surface area (Å²) in [7, 11) is 3.46. The molecule has 0 saturated carbocycles. The molecule has 0 bridgehead atoms. The summed E-state index contributed by atoms with van der Waals surface area (Å²) >= 11 is 0. The van der Waals surface area contributed by atoms with Crippen LogP contribution in [0.1, 0.15) is 18.9 Å². The van der Waals surface area contributed by atoms with Gasteiger partial charge in [-0.25, -0.2) is 0 Å². The maximum atomic E-state index is 11.8. The number of nitrogens with one attached hydrogen (secondary N) is 1. The third-order valence-corrected chi connectivity index (χ3v) is 3.12. The van der Waals surface area contributed by atoms with E-state index in [0.717, 1.165) is 11.3 Å². The number of nitrogens with zero attached hydrogens (tertiary/aromatic N) is 1. The van der Waals surface area contributed by atoms with Crippen LogP contribution in [0.25, 0.3) is 0 Å². The van der Waals surface area contributed by atoms with Gasteiger partial charge in [0.25, 0.3) is 0 Å². The first-order valence-electron chi connectivity index (χ1n) is 6.74. The minimum Gasteiger partial charge on any atom is -0.349 e. The summed E-state index contributed by atoms with van der Waals surface area (Å²) in [5.74, 6) is -0.0825. The average Bonchev–Trinajstić information content (AvgIpc) is 2.41. The fourth-order valence-corrected chi connectivity index (χ4v) is 1.69. The molecule has 0 aliphatic carbocycles. The van der Waals surface area contributed by atoms with E-state index in [-0.39, 0.29) is 17.7 Å². The molecule has 3 N–H and O–H groups in total. The molecule has 5 nitrogen and oxygen atoms in total. The Kier molecular flexibility index (Phi) is 6.18. The monoisotopic (exact) mass is 277 g/mol. The minimum atomic E-state index is -0.102. The fourth-order valence-electron chi connectivity index (χ4n) is 1.69. The highest BCUT2D eigenvalue weighted by Gasteiger charge is 2.12. The molecule has 1 aromatic rings. The number of hydrogen-bond acceptors (Lipinski definition) is 3. The largest absolute Gasteiger partial charge is 0.349 e. The Balaban J connectivity index is 2.58. The predicted molar refractivity (Wildman–Crippen MR) is 80.3 cm³/mol. The fraction of sp³-hybridized carbons (Fsp3) is 0.467. The molecule has 1 unspecified atom stereocenters. The first-order valence-corrected chi connectivity index (χ1v) is 6.74. The third kappa shape index (κ3) is 5.01. The van der Waals surface area contributed by atoms with Crippen molar-refractivity contribution < 1.29 is 9.59 Å². The van der Waals surface area contributed by atoms with Crippen LogP contribution in [0.3, 0.4) is 0 Å². The highest BCUT2D eigenvalue weighted by Crippen LogP contribution is 2.12. The predicted octanol–water partition coefficient (Wildman–Crippen LogP) is 1.24. The number of anilines is 1. The summed E-state index contributed by atoms with van der Waals surface area (Å²) in [6.07, 6.45) is 1.03. The molecule has 5 heteroatoms. The van der Waals surface area contributed by atoms with E-state index in [2.05, 4.69) is 5.32 Å². The van der Waals surface area contributed by atoms with Gasteiger partial charge in [0.05, 0.1) is 6.42 Å². The maximum Gasteiger partial charge on any atom is 0.227 e. The van der Waals surface area contributed by atoms with E-state index >= 15 is 0 Å². The Hall–Kier alpha value is -1.88. The molecule has 110 valence electrons. The first-order chi connectivity index (χ1) is 9.43. The molecule has 20 heavy (non-hydrogen) atoms. The molecule has 0 spiro atoms. The standard InChI is InChI=1S/C15H23N3O2/c1-11(8-9-16)15(20)17-13-6-4-12(5-7-13)10-14(19)18(2)3/h4-7,11H,8-10,16H2,1-3H3,(H,17,20). The van der Waals surface area contributed by atoms with E-state index in [1.54, 1.807) is 19.0 Å². The van der Waals surface area contributed by atoms with Crippen molar-refractivity contribution in [3.8, 4) is 0 Å². The van der Waals surface area contributed by atoms with E-state index in [1.165, 1.54) is 0 Å². The van der Waals surface area contributed by atoms with Gasteiger partial charge in [-0.3, -0.25) is 9.59 Å². The van der Waals surface area contributed by atoms with Gasteiger partial charge in [0.2, 0.25) is 11.8 Å². The van der Waals surface area contributed by atoms with Crippen LogP contribution >= 0.6 is 0 Å². The third-order valence-electron chi connectivity index (χ3n) is 3.12. The Morgan fingerprint density at radius 3 is 2.35 bits per heavy atom. The van der Waals surface area contributed by atoms with Gasteiger partial charge in [0.15, 0.2) is 0 Å². The van der Waals surface area contributed by atoms with Crippen LogP contribution in [0.15, 0.2) is 24.3 Å². The Morgan fingerprint density at radius 1 is 1.25 bits per heavy atom. The molecule has 0 fully saturated rings. The number of nitrogens with two attached hydrogens (primary N) is 1. The normalized spacial score (nSPS) is 11.8. The highest BCUT2D eigenvalue weighted by atomic mass is 16.2. The van der Waals surface area contributed by atoms with Crippen LogP contribution in [-0.4, -0.2) is 37.4 Å². The van der Waals surface area contributed by atoms with Crippen LogP contribution in [0.5, 0.6) is 0 Å². The van der Waals surface area contributed by atoms with Gasteiger partial charge in [-0.1, -0.05) is 19.1 Å². The highest BCUT2D eigenvalue weighted by molar-refractivity contribution is 5.92. The number of benzene rings is 1. The lowest BCUT2D eigenvalue weighted by molar-refractivity contribution is -0.128. The van der Waals surface area contributed by atoms with E-state index in [1.807, 2.05) is 31.2 Å². The summed E-state index contributed by atoms with van der Waals surface area (Å²) < 4.78 is 0. The zero-order chi connectivity index (χ0) is 15.1.